The van der Waals surface area contributed by atoms with Gasteiger partial charge in [-0.05, 0) is 38.6 Å². The molecule has 0 radical (unpaired) electrons. The number of aromatic nitrogens is 2. The third kappa shape index (κ3) is 5.24. The fraction of sp³-hybridized carbons (Fsp3) is 0.450. The van der Waals surface area contributed by atoms with Crippen molar-refractivity contribution < 1.29 is 4.79 Å². The molecule has 2 heterocycles. The number of amides is 1. The maximum atomic E-state index is 12.5. The average molecular weight is 368 g/mol. The van der Waals surface area contributed by atoms with Crippen molar-refractivity contribution in [3.05, 3.63) is 42.1 Å². The molecule has 1 atom stereocenters. The molecule has 1 aromatic heterocycles. The smallest absolute Gasteiger partial charge is 0.251 e. The Labute approximate surface area is 160 Å². The van der Waals surface area contributed by atoms with Crippen molar-refractivity contribution in [3.8, 4) is 11.4 Å². The Morgan fingerprint density at radius 1 is 1.26 bits per heavy atom. The van der Waals surface area contributed by atoms with Gasteiger partial charge in [0.25, 0.3) is 5.91 Å². The van der Waals surface area contributed by atoms with E-state index in [0.29, 0.717) is 29.8 Å². The highest BCUT2D eigenvalue weighted by molar-refractivity contribution is 5.95. The van der Waals surface area contributed by atoms with Crippen molar-refractivity contribution in [1.82, 2.24) is 25.1 Å². The molecule has 2 aromatic rings. The number of rotatable bonds is 6. The fourth-order valence-electron chi connectivity index (χ4n) is 3.25. The van der Waals surface area contributed by atoms with Gasteiger partial charge in [0, 0.05) is 56.1 Å². The van der Waals surface area contributed by atoms with Gasteiger partial charge in [0.1, 0.15) is 5.82 Å². The number of likely N-dealkylation sites (N-methyl/N-ethyl adjacent to an activating group) is 1. The molecule has 3 rings (SSSR count). The molecule has 0 aliphatic carbocycles. The molecule has 1 unspecified atom stereocenters. The first-order valence-corrected chi connectivity index (χ1v) is 9.42. The van der Waals surface area contributed by atoms with Crippen molar-refractivity contribution in [3.63, 3.8) is 0 Å². The molecule has 1 aliphatic heterocycles. The molecule has 7 heteroatoms. The van der Waals surface area contributed by atoms with Crippen LogP contribution in [0.1, 0.15) is 23.7 Å². The maximum Gasteiger partial charge on any atom is 0.251 e. The molecule has 0 saturated carbocycles. The van der Waals surface area contributed by atoms with E-state index < -0.39 is 0 Å². The predicted octanol–water partition coefficient (Wildman–Crippen LogP) is 1.48. The largest absolute Gasteiger partial charge is 0.384 e. The summed E-state index contributed by atoms with van der Waals surface area (Å²) in [6.45, 7) is 7.29. The van der Waals surface area contributed by atoms with Gasteiger partial charge in [-0.25, -0.2) is 9.97 Å². The van der Waals surface area contributed by atoms with Gasteiger partial charge in [-0.3, -0.25) is 9.69 Å². The molecule has 144 valence electrons. The van der Waals surface area contributed by atoms with E-state index >= 15 is 0 Å². The number of anilines is 1. The molecule has 27 heavy (non-hydrogen) atoms. The van der Waals surface area contributed by atoms with Crippen molar-refractivity contribution in [2.24, 2.45) is 0 Å². The van der Waals surface area contributed by atoms with Gasteiger partial charge in [0.15, 0.2) is 5.82 Å². The van der Waals surface area contributed by atoms with Crippen molar-refractivity contribution in [2.45, 2.75) is 19.4 Å². The Bertz CT molecular complexity index is 773. The zero-order chi connectivity index (χ0) is 19.2. The first-order valence-electron chi connectivity index (χ1n) is 9.42. The van der Waals surface area contributed by atoms with Crippen molar-refractivity contribution in [2.75, 3.05) is 45.5 Å². The summed E-state index contributed by atoms with van der Waals surface area (Å²) in [5.74, 6) is 0.854. The Hall–Kier alpha value is -2.51. The van der Waals surface area contributed by atoms with Crippen LogP contribution in [0.4, 0.5) is 5.82 Å². The molecular formula is C20H28N6O. The van der Waals surface area contributed by atoms with Crippen LogP contribution in [0.2, 0.25) is 0 Å². The number of nitrogens with two attached hydrogens (primary N) is 1. The van der Waals surface area contributed by atoms with Crippen molar-refractivity contribution in [1.29, 1.82) is 0 Å². The quantitative estimate of drug-likeness (QED) is 0.803. The summed E-state index contributed by atoms with van der Waals surface area (Å²) in [6.07, 6.45) is 2.55. The summed E-state index contributed by atoms with van der Waals surface area (Å²) in [6, 6.07) is 9.42. The van der Waals surface area contributed by atoms with Gasteiger partial charge in [-0.2, -0.15) is 0 Å². The summed E-state index contributed by atoms with van der Waals surface area (Å²) in [5.41, 5.74) is 7.10. The molecule has 1 saturated heterocycles. The van der Waals surface area contributed by atoms with Gasteiger partial charge in [-0.15, -0.1) is 0 Å². The van der Waals surface area contributed by atoms with Gasteiger partial charge in [0.05, 0.1) is 0 Å². The highest BCUT2D eigenvalue weighted by Gasteiger charge is 2.19. The number of carbonyl (C=O) groups is 1. The van der Waals surface area contributed by atoms with Crippen LogP contribution in [0, 0.1) is 0 Å². The fourth-order valence-corrected chi connectivity index (χ4v) is 3.25. The van der Waals surface area contributed by atoms with Crippen LogP contribution in [0.15, 0.2) is 36.5 Å². The molecule has 1 amide bonds. The predicted molar refractivity (Wildman–Crippen MR) is 107 cm³/mol. The van der Waals surface area contributed by atoms with E-state index in [1.54, 1.807) is 24.4 Å². The minimum atomic E-state index is -0.0775. The first kappa shape index (κ1) is 19.3. The van der Waals surface area contributed by atoms with Gasteiger partial charge >= 0.3 is 0 Å². The third-order valence-electron chi connectivity index (χ3n) is 5.07. The summed E-state index contributed by atoms with van der Waals surface area (Å²) in [7, 11) is 2.16. The summed E-state index contributed by atoms with van der Waals surface area (Å²) in [5, 5.41) is 3.03. The number of hydrogen-bond donors (Lipinski definition) is 2. The molecule has 0 spiro atoms. The van der Waals surface area contributed by atoms with Crippen LogP contribution in [0.5, 0.6) is 0 Å². The number of carbonyl (C=O) groups excluding carboxylic acids is 1. The Morgan fingerprint density at radius 2 is 2.04 bits per heavy atom. The van der Waals surface area contributed by atoms with E-state index in [2.05, 4.69) is 39.1 Å². The topological polar surface area (TPSA) is 87.4 Å². The normalized spacial score (nSPS) is 16.8. The van der Waals surface area contributed by atoms with Crippen LogP contribution in [-0.4, -0.2) is 71.5 Å². The van der Waals surface area contributed by atoms with Crippen LogP contribution >= 0.6 is 0 Å². The molecule has 1 aliphatic rings. The molecular weight excluding hydrogens is 340 g/mol. The number of nitrogens with one attached hydrogen (secondary N) is 1. The van der Waals surface area contributed by atoms with Crippen LogP contribution in [-0.2, 0) is 0 Å². The Morgan fingerprint density at radius 3 is 2.78 bits per heavy atom. The Kier molecular flexibility index (Phi) is 6.36. The second kappa shape index (κ2) is 8.92. The lowest BCUT2D eigenvalue weighted by Crippen LogP contribution is -2.48. The SMILES string of the molecule is CC(CCNC(=O)c1cccc(-c2nccc(N)n2)c1)N1CCN(C)CC1. The average Bonchev–Trinajstić information content (AvgIpc) is 2.68. The van der Waals surface area contributed by atoms with E-state index in [1.165, 1.54) is 0 Å². The van der Waals surface area contributed by atoms with Gasteiger partial charge in [0.2, 0.25) is 0 Å². The molecule has 0 bridgehead atoms. The monoisotopic (exact) mass is 368 g/mol. The minimum absolute atomic E-state index is 0.0775. The number of hydrogen-bond acceptors (Lipinski definition) is 6. The Balaban J connectivity index is 1.53. The van der Waals surface area contributed by atoms with Gasteiger partial charge in [-0.1, -0.05) is 12.1 Å². The number of benzene rings is 1. The summed E-state index contributed by atoms with van der Waals surface area (Å²) in [4.78, 5) is 25.8. The highest BCUT2D eigenvalue weighted by Crippen LogP contribution is 2.17. The highest BCUT2D eigenvalue weighted by atomic mass is 16.1. The van der Waals surface area contributed by atoms with E-state index in [9.17, 15) is 4.79 Å². The lowest BCUT2D eigenvalue weighted by Gasteiger charge is -2.36. The zero-order valence-corrected chi connectivity index (χ0v) is 16.1. The second-order valence-electron chi connectivity index (χ2n) is 7.12. The molecule has 3 N–H and O–H groups in total. The van der Waals surface area contributed by atoms with E-state index in [0.717, 1.165) is 38.2 Å². The lowest BCUT2D eigenvalue weighted by molar-refractivity contribution is 0.0935. The minimum Gasteiger partial charge on any atom is -0.384 e. The third-order valence-corrected chi connectivity index (χ3v) is 5.07. The summed E-state index contributed by atoms with van der Waals surface area (Å²) >= 11 is 0. The number of piperazine rings is 1. The number of nitrogens with zero attached hydrogens (tertiary/aromatic N) is 4. The van der Waals surface area contributed by atoms with Crippen LogP contribution in [0.3, 0.4) is 0 Å². The van der Waals surface area contributed by atoms with Crippen molar-refractivity contribution >= 4 is 11.7 Å². The first-order chi connectivity index (χ1) is 13.0. The zero-order valence-electron chi connectivity index (χ0n) is 16.1. The van der Waals surface area contributed by atoms with E-state index in [4.69, 9.17) is 5.73 Å². The lowest BCUT2D eigenvalue weighted by atomic mass is 10.1. The second-order valence-corrected chi connectivity index (χ2v) is 7.12. The molecule has 1 aromatic carbocycles. The molecule has 7 nitrogen and oxygen atoms in total. The number of nitrogen functional groups attached to an aromatic ring is 1. The maximum absolute atomic E-state index is 12.5. The van der Waals surface area contributed by atoms with E-state index in [1.807, 2.05) is 12.1 Å². The van der Waals surface area contributed by atoms with Crippen LogP contribution in [0.25, 0.3) is 11.4 Å². The summed E-state index contributed by atoms with van der Waals surface area (Å²) < 4.78 is 0. The van der Waals surface area contributed by atoms with E-state index in [-0.39, 0.29) is 5.91 Å². The van der Waals surface area contributed by atoms with Crippen LogP contribution < -0.4 is 11.1 Å². The molecule has 1 fully saturated rings. The van der Waals surface area contributed by atoms with Gasteiger partial charge < -0.3 is 16.0 Å². The standard InChI is InChI=1S/C20H28N6O/c1-15(26-12-10-25(2)11-13-26)6-8-23-20(27)17-5-3-4-16(14-17)19-22-9-7-18(21)24-19/h3-5,7,9,14-15H,6,8,10-13H2,1-2H3,(H,23,27)(H2,21,22,24).